The first kappa shape index (κ1) is 12.6. The summed E-state index contributed by atoms with van der Waals surface area (Å²) in [6.07, 6.45) is -1.77. The molecular formula is C10H18O5. The molecule has 5 atom stereocenters. The minimum atomic E-state index is -0.900. The van der Waals surface area contributed by atoms with Crippen LogP contribution in [0.4, 0.5) is 0 Å². The molecule has 0 radical (unpaired) electrons. The average Bonchev–Trinajstić information content (AvgIpc) is 2.25. The van der Waals surface area contributed by atoms with E-state index in [0.29, 0.717) is 0 Å². The summed E-state index contributed by atoms with van der Waals surface area (Å²) in [7, 11) is 0. The van der Waals surface area contributed by atoms with Crippen LogP contribution in [0.1, 0.15) is 6.92 Å². The average molecular weight is 218 g/mol. The molecule has 5 nitrogen and oxygen atoms in total. The summed E-state index contributed by atoms with van der Waals surface area (Å²) in [6.45, 7) is 5.12. The minimum Gasteiger partial charge on any atom is -0.394 e. The highest BCUT2D eigenvalue weighted by Crippen LogP contribution is 2.26. The standard InChI is InChI=1S/C10H18O5/c1-3-4-14-10-9(13)6(2)8(12)7(5-11)15-10/h3,6-13H,1,4-5H2,2H3/t6-,7+,8-,9+,10+/m0/s1. The first-order valence-electron chi connectivity index (χ1n) is 4.96. The zero-order valence-corrected chi connectivity index (χ0v) is 8.74. The summed E-state index contributed by atoms with van der Waals surface area (Å²) in [5, 5.41) is 28.3. The van der Waals surface area contributed by atoms with Gasteiger partial charge < -0.3 is 24.8 Å². The second-order valence-electron chi connectivity index (χ2n) is 3.69. The van der Waals surface area contributed by atoms with Gasteiger partial charge in [-0.1, -0.05) is 13.0 Å². The number of rotatable bonds is 4. The molecular weight excluding hydrogens is 200 g/mol. The van der Waals surface area contributed by atoms with Gasteiger partial charge in [-0.3, -0.25) is 0 Å². The van der Waals surface area contributed by atoms with Gasteiger partial charge in [-0.2, -0.15) is 0 Å². The zero-order chi connectivity index (χ0) is 11.4. The molecule has 3 N–H and O–H groups in total. The van der Waals surface area contributed by atoms with Crippen molar-refractivity contribution in [1.82, 2.24) is 0 Å². The molecule has 0 bridgehead atoms. The van der Waals surface area contributed by atoms with Crippen LogP contribution in [0.2, 0.25) is 0 Å². The van der Waals surface area contributed by atoms with Gasteiger partial charge in [-0.05, 0) is 0 Å². The maximum atomic E-state index is 9.72. The molecule has 1 heterocycles. The van der Waals surface area contributed by atoms with Gasteiger partial charge in [-0.25, -0.2) is 0 Å². The lowest BCUT2D eigenvalue weighted by molar-refractivity contribution is -0.284. The summed E-state index contributed by atoms with van der Waals surface area (Å²) in [6, 6.07) is 0. The van der Waals surface area contributed by atoms with Crippen LogP contribution in [0.3, 0.4) is 0 Å². The molecule has 1 saturated heterocycles. The summed E-state index contributed by atoms with van der Waals surface area (Å²) in [4.78, 5) is 0. The van der Waals surface area contributed by atoms with Gasteiger partial charge in [-0.15, -0.1) is 6.58 Å². The Kier molecular flexibility index (Phi) is 4.69. The van der Waals surface area contributed by atoms with E-state index in [0.717, 1.165) is 0 Å². The van der Waals surface area contributed by atoms with E-state index in [-0.39, 0.29) is 13.2 Å². The lowest BCUT2D eigenvalue weighted by Crippen LogP contribution is -2.55. The molecule has 5 heteroatoms. The molecule has 1 fully saturated rings. The van der Waals surface area contributed by atoms with Crippen LogP contribution < -0.4 is 0 Å². The summed E-state index contributed by atoms with van der Waals surface area (Å²) < 4.78 is 10.4. The Morgan fingerprint density at radius 1 is 1.40 bits per heavy atom. The number of ether oxygens (including phenoxy) is 2. The molecule has 0 aromatic carbocycles. The van der Waals surface area contributed by atoms with Crippen molar-refractivity contribution in [3.63, 3.8) is 0 Å². The number of aliphatic hydroxyl groups is 3. The van der Waals surface area contributed by atoms with Gasteiger partial charge in [0.25, 0.3) is 0 Å². The van der Waals surface area contributed by atoms with Crippen molar-refractivity contribution in [3.8, 4) is 0 Å². The highest BCUT2D eigenvalue weighted by Gasteiger charge is 2.42. The van der Waals surface area contributed by atoms with Crippen LogP contribution in [-0.4, -0.2) is 53.1 Å². The monoisotopic (exact) mass is 218 g/mol. The topological polar surface area (TPSA) is 79.2 Å². The van der Waals surface area contributed by atoms with E-state index in [1.807, 2.05) is 0 Å². The van der Waals surface area contributed by atoms with Gasteiger partial charge in [0.2, 0.25) is 0 Å². The third kappa shape index (κ3) is 2.76. The van der Waals surface area contributed by atoms with E-state index in [4.69, 9.17) is 14.6 Å². The largest absolute Gasteiger partial charge is 0.394 e. The van der Waals surface area contributed by atoms with Crippen molar-refractivity contribution in [2.45, 2.75) is 31.5 Å². The van der Waals surface area contributed by atoms with Crippen LogP contribution >= 0.6 is 0 Å². The number of aliphatic hydroxyl groups excluding tert-OH is 3. The van der Waals surface area contributed by atoms with Crippen molar-refractivity contribution < 1.29 is 24.8 Å². The Morgan fingerprint density at radius 3 is 2.60 bits per heavy atom. The number of hydrogen-bond acceptors (Lipinski definition) is 5. The molecule has 0 unspecified atom stereocenters. The molecule has 1 aliphatic rings. The maximum absolute atomic E-state index is 9.72. The molecule has 1 rings (SSSR count). The third-order valence-electron chi connectivity index (χ3n) is 2.60. The first-order chi connectivity index (χ1) is 7.11. The second kappa shape index (κ2) is 5.58. The Hall–Kier alpha value is -0.460. The van der Waals surface area contributed by atoms with Crippen LogP contribution in [0.5, 0.6) is 0 Å². The lowest BCUT2D eigenvalue weighted by Gasteiger charge is -2.40. The van der Waals surface area contributed by atoms with Gasteiger partial charge in [0.1, 0.15) is 12.2 Å². The second-order valence-corrected chi connectivity index (χ2v) is 3.69. The minimum absolute atomic E-state index is 0.253. The van der Waals surface area contributed by atoms with Crippen LogP contribution in [0, 0.1) is 5.92 Å². The normalized spacial score (nSPS) is 41.5. The van der Waals surface area contributed by atoms with Gasteiger partial charge in [0, 0.05) is 5.92 Å². The van der Waals surface area contributed by atoms with Crippen molar-refractivity contribution in [3.05, 3.63) is 12.7 Å². The van der Waals surface area contributed by atoms with Gasteiger partial charge in [0.05, 0.1) is 19.3 Å². The number of hydrogen-bond donors (Lipinski definition) is 3. The summed E-state index contributed by atoms with van der Waals surface area (Å²) >= 11 is 0. The van der Waals surface area contributed by atoms with E-state index in [1.165, 1.54) is 0 Å². The highest BCUT2D eigenvalue weighted by atomic mass is 16.7. The Bertz CT molecular complexity index is 206. The van der Waals surface area contributed by atoms with Crippen LogP contribution in [0.25, 0.3) is 0 Å². The van der Waals surface area contributed by atoms with E-state index in [9.17, 15) is 10.2 Å². The fourth-order valence-corrected chi connectivity index (χ4v) is 1.57. The Morgan fingerprint density at radius 2 is 2.07 bits per heavy atom. The lowest BCUT2D eigenvalue weighted by atomic mass is 9.91. The predicted molar refractivity (Wildman–Crippen MR) is 53.1 cm³/mol. The maximum Gasteiger partial charge on any atom is 0.184 e. The Labute approximate surface area is 88.9 Å². The quantitative estimate of drug-likeness (QED) is 0.542. The predicted octanol–water partition coefficient (Wildman–Crippen LogP) is -0.736. The van der Waals surface area contributed by atoms with Crippen molar-refractivity contribution >= 4 is 0 Å². The van der Waals surface area contributed by atoms with E-state index < -0.39 is 30.5 Å². The fraction of sp³-hybridized carbons (Fsp3) is 0.800. The molecule has 0 amide bonds. The van der Waals surface area contributed by atoms with E-state index >= 15 is 0 Å². The molecule has 0 aromatic rings. The Balaban J connectivity index is 2.60. The molecule has 15 heavy (non-hydrogen) atoms. The molecule has 0 aliphatic carbocycles. The molecule has 0 saturated carbocycles. The van der Waals surface area contributed by atoms with Gasteiger partial charge in [0.15, 0.2) is 6.29 Å². The molecule has 0 spiro atoms. The fourth-order valence-electron chi connectivity index (χ4n) is 1.57. The SMILES string of the molecule is C=CCO[C@@H]1O[C@H](CO)[C@@H](O)[C@H](C)[C@H]1O. The smallest absolute Gasteiger partial charge is 0.184 e. The third-order valence-corrected chi connectivity index (χ3v) is 2.60. The first-order valence-corrected chi connectivity index (χ1v) is 4.96. The van der Waals surface area contributed by atoms with Crippen molar-refractivity contribution in [1.29, 1.82) is 0 Å². The van der Waals surface area contributed by atoms with Crippen LogP contribution in [0.15, 0.2) is 12.7 Å². The van der Waals surface area contributed by atoms with E-state index in [2.05, 4.69) is 6.58 Å². The van der Waals surface area contributed by atoms with Crippen molar-refractivity contribution in [2.75, 3.05) is 13.2 Å². The molecule has 0 aromatic heterocycles. The van der Waals surface area contributed by atoms with Crippen LogP contribution in [-0.2, 0) is 9.47 Å². The van der Waals surface area contributed by atoms with E-state index in [1.54, 1.807) is 13.0 Å². The van der Waals surface area contributed by atoms with Gasteiger partial charge >= 0.3 is 0 Å². The van der Waals surface area contributed by atoms with Crippen molar-refractivity contribution in [2.24, 2.45) is 5.92 Å². The highest BCUT2D eigenvalue weighted by molar-refractivity contribution is 4.86. The molecule has 1 aliphatic heterocycles. The summed E-state index contributed by atoms with van der Waals surface area (Å²) in [5.41, 5.74) is 0. The molecule has 88 valence electrons. The zero-order valence-electron chi connectivity index (χ0n) is 8.74. The summed E-state index contributed by atoms with van der Waals surface area (Å²) in [5.74, 6) is -0.397.